The van der Waals surface area contributed by atoms with Crippen molar-refractivity contribution in [3.8, 4) is 0 Å². The van der Waals surface area contributed by atoms with E-state index < -0.39 is 10.0 Å². The van der Waals surface area contributed by atoms with E-state index >= 15 is 0 Å². The molecule has 7 heteroatoms. The minimum atomic E-state index is -3.45. The lowest BCUT2D eigenvalue weighted by molar-refractivity contribution is 0.102. The maximum atomic E-state index is 12.8. The van der Waals surface area contributed by atoms with Crippen LogP contribution in [0.2, 0.25) is 0 Å². The number of rotatable bonds is 5. The zero-order valence-electron chi connectivity index (χ0n) is 12.3. The Morgan fingerprint density at radius 3 is 2.80 bits per heavy atom. The van der Waals surface area contributed by atoms with E-state index in [2.05, 4.69) is 5.32 Å². The van der Waals surface area contributed by atoms with Crippen LogP contribution in [0.4, 0.5) is 0 Å². The lowest BCUT2D eigenvalue weighted by Crippen LogP contribution is -2.41. The molecule has 0 saturated carbocycles. The van der Waals surface area contributed by atoms with E-state index in [0.29, 0.717) is 18.0 Å². The van der Waals surface area contributed by atoms with Crippen LogP contribution >= 0.6 is 11.3 Å². The maximum absolute atomic E-state index is 12.8. The van der Waals surface area contributed by atoms with Crippen LogP contribution in [0.25, 0.3) is 0 Å². The molecule has 0 aliphatic carbocycles. The topological polar surface area (TPSA) is 58.6 Å². The molecule has 2 unspecified atom stereocenters. The molecule has 1 aromatic heterocycles. The van der Waals surface area contributed by atoms with E-state index in [4.69, 9.17) is 4.74 Å². The molecule has 0 bridgehead atoms. The number of hydrogen-bond acceptors (Lipinski definition) is 5. The van der Waals surface area contributed by atoms with Gasteiger partial charge in [0.2, 0.25) is 10.0 Å². The molecule has 0 radical (unpaired) electrons. The molecule has 1 saturated heterocycles. The number of aryl methyl sites for hydroxylation is 1. The van der Waals surface area contributed by atoms with Crippen molar-refractivity contribution in [1.29, 1.82) is 0 Å². The largest absolute Gasteiger partial charge is 0.377 e. The summed E-state index contributed by atoms with van der Waals surface area (Å²) in [5.41, 5.74) is 0. The van der Waals surface area contributed by atoms with Crippen molar-refractivity contribution in [2.75, 3.05) is 20.7 Å². The summed E-state index contributed by atoms with van der Waals surface area (Å²) >= 11 is 1.53. The maximum Gasteiger partial charge on any atom is 0.244 e. The highest BCUT2D eigenvalue weighted by atomic mass is 32.2. The second-order valence-electron chi connectivity index (χ2n) is 5.12. The van der Waals surface area contributed by atoms with Gasteiger partial charge in [-0.05, 0) is 33.4 Å². The number of likely N-dealkylation sites (N-methyl/N-ethyl adjacent to an activating group) is 1. The first-order valence-corrected chi connectivity index (χ1v) is 8.97. The lowest BCUT2D eigenvalue weighted by Gasteiger charge is -2.25. The predicted octanol–water partition coefficient (Wildman–Crippen LogP) is 1.57. The molecule has 1 fully saturated rings. The summed E-state index contributed by atoms with van der Waals surface area (Å²) in [7, 11) is 0.0594. The quantitative estimate of drug-likeness (QED) is 0.895. The average molecular weight is 318 g/mol. The molecule has 1 aromatic rings. The Kier molecular flexibility index (Phi) is 4.86. The second kappa shape index (κ2) is 6.11. The van der Waals surface area contributed by atoms with Gasteiger partial charge in [0.15, 0.2) is 0 Å². The van der Waals surface area contributed by atoms with Crippen molar-refractivity contribution in [3.63, 3.8) is 0 Å². The SMILES string of the molecule is CNCc1cc(S(=O)(=O)N(C)C2CCOC2C)c(C)s1. The van der Waals surface area contributed by atoms with Crippen LogP contribution in [0.5, 0.6) is 0 Å². The van der Waals surface area contributed by atoms with Gasteiger partial charge in [-0.25, -0.2) is 8.42 Å². The fourth-order valence-electron chi connectivity index (χ4n) is 2.57. The molecule has 0 spiro atoms. The summed E-state index contributed by atoms with van der Waals surface area (Å²) in [6.45, 7) is 5.10. The number of nitrogens with zero attached hydrogens (tertiary/aromatic N) is 1. The number of nitrogens with one attached hydrogen (secondary N) is 1. The van der Waals surface area contributed by atoms with Crippen LogP contribution in [0, 0.1) is 6.92 Å². The third-order valence-corrected chi connectivity index (χ3v) is 6.92. The average Bonchev–Trinajstić information content (AvgIpc) is 2.95. The van der Waals surface area contributed by atoms with Crippen molar-refractivity contribution >= 4 is 21.4 Å². The summed E-state index contributed by atoms with van der Waals surface area (Å²) in [6.07, 6.45) is 0.703. The standard InChI is InChI=1S/C13H22N2O3S2/c1-9-12(5-6-18-9)15(4)20(16,17)13-7-11(8-14-3)19-10(13)2/h7,9,12,14H,5-6,8H2,1-4H3. The van der Waals surface area contributed by atoms with Crippen molar-refractivity contribution < 1.29 is 13.2 Å². The third-order valence-electron chi connectivity index (χ3n) is 3.73. The molecule has 0 aromatic carbocycles. The van der Waals surface area contributed by atoms with Gasteiger partial charge >= 0.3 is 0 Å². The second-order valence-corrected chi connectivity index (χ2v) is 8.42. The van der Waals surface area contributed by atoms with E-state index in [9.17, 15) is 8.42 Å². The monoisotopic (exact) mass is 318 g/mol. The smallest absolute Gasteiger partial charge is 0.244 e. The molecule has 5 nitrogen and oxygen atoms in total. The molecular formula is C13H22N2O3S2. The molecule has 2 rings (SSSR count). The summed E-state index contributed by atoms with van der Waals surface area (Å²) in [6, 6.07) is 1.70. The van der Waals surface area contributed by atoms with Gasteiger partial charge in [-0.15, -0.1) is 11.3 Å². The summed E-state index contributed by atoms with van der Waals surface area (Å²) in [5, 5.41) is 3.05. The van der Waals surface area contributed by atoms with Crippen LogP contribution < -0.4 is 5.32 Å². The molecule has 2 heterocycles. The number of hydrogen-bond donors (Lipinski definition) is 1. The Hall–Kier alpha value is -0.470. The Balaban J connectivity index is 2.29. The third kappa shape index (κ3) is 2.92. The summed E-state index contributed by atoms with van der Waals surface area (Å²) < 4.78 is 32.5. The zero-order chi connectivity index (χ0) is 14.9. The van der Waals surface area contributed by atoms with Crippen molar-refractivity contribution in [2.24, 2.45) is 0 Å². The van der Waals surface area contributed by atoms with Gasteiger partial charge in [-0.3, -0.25) is 0 Å². The minimum absolute atomic E-state index is 0.0505. The fourth-order valence-corrected chi connectivity index (χ4v) is 5.63. The number of sulfonamides is 1. The molecule has 1 aliphatic rings. The Labute approximate surface area is 125 Å². The van der Waals surface area contributed by atoms with Crippen LogP contribution in [-0.2, 0) is 21.3 Å². The van der Waals surface area contributed by atoms with E-state index in [1.54, 1.807) is 13.1 Å². The normalized spacial score (nSPS) is 23.6. The van der Waals surface area contributed by atoms with Gasteiger partial charge in [0, 0.05) is 30.0 Å². The Bertz CT molecular complexity index is 568. The number of ether oxygens (including phenoxy) is 1. The molecule has 20 heavy (non-hydrogen) atoms. The summed E-state index contributed by atoms with van der Waals surface area (Å²) in [5.74, 6) is 0. The molecular weight excluding hydrogens is 296 g/mol. The van der Waals surface area contributed by atoms with Gasteiger partial charge in [0.25, 0.3) is 0 Å². The minimum Gasteiger partial charge on any atom is -0.377 e. The predicted molar refractivity (Wildman–Crippen MR) is 80.6 cm³/mol. The van der Waals surface area contributed by atoms with Crippen LogP contribution in [0.15, 0.2) is 11.0 Å². The molecule has 2 atom stereocenters. The van der Waals surface area contributed by atoms with Crippen molar-refractivity contribution in [1.82, 2.24) is 9.62 Å². The van der Waals surface area contributed by atoms with Gasteiger partial charge < -0.3 is 10.1 Å². The van der Waals surface area contributed by atoms with E-state index in [-0.39, 0.29) is 12.1 Å². The van der Waals surface area contributed by atoms with E-state index in [1.165, 1.54) is 15.6 Å². The highest BCUT2D eigenvalue weighted by Crippen LogP contribution is 2.30. The van der Waals surface area contributed by atoms with Gasteiger partial charge in [0.1, 0.15) is 0 Å². The van der Waals surface area contributed by atoms with Crippen LogP contribution in [0.3, 0.4) is 0 Å². The Morgan fingerprint density at radius 1 is 1.55 bits per heavy atom. The van der Waals surface area contributed by atoms with Gasteiger partial charge in [-0.2, -0.15) is 4.31 Å². The van der Waals surface area contributed by atoms with Crippen molar-refractivity contribution in [3.05, 3.63) is 15.8 Å². The first kappa shape index (κ1) is 15.9. The lowest BCUT2D eigenvalue weighted by atomic mass is 10.2. The highest BCUT2D eigenvalue weighted by molar-refractivity contribution is 7.89. The molecule has 1 N–H and O–H groups in total. The zero-order valence-corrected chi connectivity index (χ0v) is 14.0. The van der Waals surface area contributed by atoms with E-state index in [1.807, 2.05) is 20.9 Å². The molecule has 0 amide bonds. The molecule has 1 aliphatic heterocycles. The van der Waals surface area contributed by atoms with Gasteiger partial charge in [0.05, 0.1) is 17.0 Å². The fraction of sp³-hybridized carbons (Fsp3) is 0.692. The summed E-state index contributed by atoms with van der Waals surface area (Å²) in [4.78, 5) is 2.30. The number of thiophene rings is 1. The van der Waals surface area contributed by atoms with Crippen molar-refractivity contribution in [2.45, 2.75) is 43.9 Å². The first-order chi connectivity index (χ1) is 9.37. The Morgan fingerprint density at radius 2 is 2.25 bits per heavy atom. The van der Waals surface area contributed by atoms with Crippen LogP contribution in [0.1, 0.15) is 23.1 Å². The van der Waals surface area contributed by atoms with Crippen LogP contribution in [-0.4, -0.2) is 45.6 Å². The van der Waals surface area contributed by atoms with E-state index in [0.717, 1.165) is 16.2 Å². The van der Waals surface area contributed by atoms with Gasteiger partial charge in [-0.1, -0.05) is 0 Å². The molecule has 114 valence electrons. The highest BCUT2D eigenvalue weighted by Gasteiger charge is 2.36. The first-order valence-electron chi connectivity index (χ1n) is 6.71.